The van der Waals surface area contributed by atoms with Crippen molar-refractivity contribution in [3.05, 3.63) is 95.6 Å². The number of carbonyl (C=O) groups is 1. The number of aromatic nitrogens is 1. The van der Waals surface area contributed by atoms with E-state index in [-0.39, 0.29) is 5.91 Å². The standard InChI is InChI=1S/C30H30N2O2/c1-34-25-16-17-26-27(19-28(32-29(26)18-25)24-10-6-3-7-11-24)30(33)31-20-21-12-14-23(15-13-21)22-8-4-2-5-9-22/h3,6-7,10-19,22H,2,4-5,8-9,20H2,1H3,(H,31,33). The number of benzene rings is 3. The van der Waals surface area contributed by atoms with Gasteiger partial charge in [-0.1, -0.05) is 73.9 Å². The van der Waals surface area contributed by atoms with Gasteiger partial charge in [-0.25, -0.2) is 4.98 Å². The summed E-state index contributed by atoms with van der Waals surface area (Å²) in [7, 11) is 1.63. The third kappa shape index (κ3) is 4.81. The molecule has 0 atom stereocenters. The first-order valence-electron chi connectivity index (χ1n) is 12.1. The second-order valence-electron chi connectivity index (χ2n) is 9.06. The maximum absolute atomic E-state index is 13.3. The van der Waals surface area contributed by atoms with Gasteiger partial charge in [0.25, 0.3) is 5.91 Å². The summed E-state index contributed by atoms with van der Waals surface area (Å²) in [5, 5.41) is 3.93. The largest absolute Gasteiger partial charge is 0.497 e. The van der Waals surface area contributed by atoms with Crippen molar-refractivity contribution < 1.29 is 9.53 Å². The Hall–Kier alpha value is -3.66. The third-order valence-corrected chi connectivity index (χ3v) is 6.84. The molecule has 1 aliphatic carbocycles. The number of nitrogens with zero attached hydrogens (tertiary/aromatic N) is 1. The van der Waals surface area contributed by atoms with Gasteiger partial charge in [0, 0.05) is 23.6 Å². The van der Waals surface area contributed by atoms with E-state index in [4.69, 9.17) is 9.72 Å². The van der Waals surface area contributed by atoms with Gasteiger partial charge in [-0.05, 0) is 48.1 Å². The second-order valence-corrected chi connectivity index (χ2v) is 9.06. The number of ether oxygens (including phenoxy) is 1. The highest BCUT2D eigenvalue weighted by Gasteiger charge is 2.16. The van der Waals surface area contributed by atoms with E-state index >= 15 is 0 Å². The Morgan fingerprint density at radius 2 is 1.71 bits per heavy atom. The third-order valence-electron chi connectivity index (χ3n) is 6.84. The van der Waals surface area contributed by atoms with Crippen molar-refractivity contribution in [3.63, 3.8) is 0 Å². The molecular formula is C30H30N2O2. The number of pyridine rings is 1. The van der Waals surface area contributed by atoms with Crippen LogP contribution in [0.4, 0.5) is 0 Å². The molecule has 4 aromatic rings. The zero-order chi connectivity index (χ0) is 23.3. The fraction of sp³-hybridized carbons (Fsp3) is 0.267. The number of fused-ring (bicyclic) bond motifs is 1. The summed E-state index contributed by atoms with van der Waals surface area (Å²) < 4.78 is 5.39. The average Bonchev–Trinajstić information content (AvgIpc) is 2.92. The monoisotopic (exact) mass is 450 g/mol. The van der Waals surface area contributed by atoms with Gasteiger partial charge < -0.3 is 10.1 Å². The summed E-state index contributed by atoms with van der Waals surface area (Å²) in [6.45, 7) is 0.490. The molecule has 4 nitrogen and oxygen atoms in total. The SMILES string of the molecule is COc1ccc2c(C(=O)NCc3ccc(C4CCCCC4)cc3)cc(-c3ccccc3)nc2c1. The predicted octanol–water partition coefficient (Wildman–Crippen LogP) is 6.89. The fourth-order valence-corrected chi connectivity index (χ4v) is 4.90. The normalized spacial score (nSPS) is 14.1. The first-order valence-corrected chi connectivity index (χ1v) is 12.1. The van der Waals surface area contributed by atoms with Crippen LogP contribution in [0.15, 0.2) is 78.9 Å². The molecule has 1 amide bonds. The van der Waals surface area contributed by atoms with Gasteiger partial charge in [-0.2, -0.15) is 0 Å². The first kappa shape index (κ1) is 22.1. The van der Waals surface area contributed by atoms with Gasteiger partial charge >= 0.3 is 0 Å². The molecule has 1 fully saturated rings. The lowest BCUT2D eigenvalue weighted by molar-refractivity contribution is 0.0952. The maximum Gasteiger partial charge on any atom is 0.252 e. The molecule has 1 aromatic heterocycles. The molecule has 1 heterocycles. The first-order chi connectivity index (χ1) is 16.7. The van der Waals surface area contributed by atoms with Crippen LogP contribution in [0.1, 0.15) is 59.5 Å². The van der Waals surface area contributed by atoms with Gasteiger partial charge in [0.15, 0.2) is 0 Å². The van der Waals surface area contributed by atoms with Crippen molar-refractivity contribution in [2.75, 3.05) is 7.11 Å². The lowest BCUT2D eigenvalue weighted by Gasteiger charge is -2.22. The van der Waals surface area contributed by atoms with Gasteiger partial charge in [-0.15, -0.1) is 0 Å². The van der Waals surface area contributed by atoms with E-state index in [0.717, 1.165) is 33.5 Å². The van der Waals surface area contributed by atoms with Gasteiger partial charge in [0.2, 0.25) is 0 Å². The van der Waals surface area contributed by atoms with Crippen molar-refractivity contribution in [1.82, 2.24) is 10.3 Å². The van der Waals surface area contributed by atoms with E-state index in [9.17, 15) is 4.79 Å². The van der Waals surface area contributed by atoms with E-state index in [1.54, 1.807) is 7.11 Å². The summed E-state index contributed by atoms with van der Waals surface area (Å²) in [6.07, 6.45) is 6.61. The van der Waals surface area contributed by atoms with Crippen LogP contribution in [-0.2, 0) is 6.54 Å². The number of nitrogens with one attached hydrogen (secondary N) is 1. The molecule has 1 aliphatic rings. The quantitative estimate of drug-likeness (QED) is 0.348. The van der Waals surface area contributed by atoms with Crippen LogP contribution < -0.4 is 10.1 Å². The molecule has 172 valence electrons. The van der Waals surface area contributed by atoms with E-state index in [0.29, 0.717) is 18.0 Å². The molecular weight excluding hydrogens is 420 g/mol. The van der Waals surface area contributed by atoms with Crippen LogP contribution in [0, 0.1) is 0 Å². The molecule has 0 bridgehead atoms. The van der Waals surface area contributed by atoms with Crippen LogP contribution in [0.3, 0.4) is 0 Å². The Labute approximate surface area is 201 Å². The van der Waals surface area contributed by atoms with Crippen LogP contribution >= 0.6 is 0 Å². The number of hydrogen-bond donors (Lipinski definition) is 1. The van der Waals surface area contributed by atoms with Gasteiger partial charge in [0.05, 0.1) is 23.9 Å². The van der Waals surface area contributed by atoms with Crippen molar-refractivity contribution in [2.45, 2.75) is 44.6 Å². The summed E-state index contributed by atoms with van der Waals surface area (Å²) in [5.41, 5.74) is 5.63. The Kier molecular flexibility index (Phi) is 6.57. The Morgan fingerprint density at radius 1 is 0.941 bits per heavy atom. The molecule has 0 unspecified atom stereocenters. The molecule has 4 heteroatoms. The molecule has 5 rings (SSSR count). The smallest absolute Gasteiger partial charge is 0.252 e. The fourth-order valence-electron chi connectivity index (χ4n) is 4.90. The van der Waals surface area contributed by atoms with Crippen LogP contribution in [-0.4, -0.2) is 18.0 Å². The molecule has 0 radical (unpaired) electrons. The molecule has 0 saturated heterocycles. The lowest BCUT2D eigenvalue weighted by Crippen LogP contribution is -2.23. The predicted molar refractivity (Wildman–Crippen MR) is 137 cm³/mol. The molecule has 0 spiro atoms. The second kappa shape index (κ2) is 10.1. The summed E-state index contributed by atoms with van der Waals surface area (Å²) in [4.78, 5) is 18.1. The highest BCUT2D eigenvalue weighted by molar-refractivity contribution is 6.07. The van der Waals surface area contributed by atoms with Crippen molar-refractivity contribution in [2.24, 2.45) is 0 Å². The lowest BCUT2D eigenvalue weighted by atomic mass is 9.84. The van der Waals surface area contributed by atoms with Crippen LogP contribution in [0.5, 0.6) is 5.75 Å². The number of rotatable bonds is 6. The van der Waals surface area contributed by atoms with E-state index in [1.807, 2.05) is 54.6 Å². The van der Waals surface area contributed by atoms with Crippen molar-refractivity contribution in [1.29, 1.82) is 0 Å². The highest BCUT2D eigenvalue weighted by Crippen LogP contribution is 2.32. The highest BCUT2D eigenvalue weighted by atomic mass is 16.5. The average molecular weight is 451 g/mol. The van der Waals surface area contributed by atoms with Crippen molar-refractivity contribution in [3.8, 4) is 17.0 Å². The van der Waals surface area contributed by atoms with Crippen LogP contribution in [0.2, 0.25) is 0 Å². The molecule has 0 aliphatic heterocycles. The minimum absolute atomic E-state index is 0.105. The van der Waals surface area contributed by atoms with Crippen molar-refractivity contribution >= 4 is 16.8 Å². The molecule has 1 saturated carbocycles. The van der Waals surface area contributed by atoms with Gasteiger partial charge in [-0.3, -0.25) is 4.79 Å². The Balaban J connectivity index is 1.38. The number of amides is 1. The maximum atomic E-state index is 13.3. The Bertz CT molecular complexity index is 1280. The zero-order valence-electron chi connectivity index (χ0n) is 19.6. The number of methoxy groups -OCH3 is 1. The topological polar surface area (TPSA) is 51.2 Å². The minimum atomic E-state index is -0.105. The molecule has 3 aromatic carbocycles. The minimum Gasteiger partial charge on any atom is -0.497 e. The van der Waals surface area contributed by atoms with Gasteiger partial charge in [0.1, 0.15) is 5.75 Å². The zero-order valence-corrected chi connectivity index (χ0v) is 19.6. The molecule has 1 N–H and O–H groups in total. The van der Waals surface area contributed by atoms with E-state index in [1.165, 1.54) is 37.7 Å². The summed E-state index contributed by atoms with van der Waals surface area (Å²) in [5.74, 6) is 1.30. The Morgan fingerprint density at radius 3 is 2.44 bits per heavy atom. The summed E-state index contributed by atoms with van der Waals surface area (Å²) >= 11 is 0. The number of hydrogen-bond acceptors (Lipinski definition) is 3. The molecule has 34 heavy (non-hydrogen) atoms. The number of carbonyl (C=O) groups excluding carboxylic acids is 1. The van der Waals surface area contributed by atoms with E-state index in [2.05, 4.69) is 29.6 Å². The van der Waals surface area contributed by atoms with E-state index < -0.39 is 0 Å². The van der Waals surface area contributed by atoms with Crippen LogP contribution in [0.25, 0.3) is 22.2 Å². The summed E-state index contributed by atoms with van der Waals surface area (Å²) in [6, 6.07) is 26.2.